The van der Waals surface area contributed by atoms with Crippen LogP contribution in [0.2, 0.25) is 5.02 Å². The third-order valence-electron chi connectivity index (χ3n) is 6.05. The molecule has 0 aliphatic carbocycles. The molecular weight excluding hydrogens is 510 g/mol. The van der Waals surface area contributed by atoms with Crippen LogP contribution in [-0.2, 0) is 6.54 Å². The fourth-order valence-corrected chi connectivity index (χ4v) is 4.41. The van der Waals surface area contributed by atoms with E-state index in [0.29, 0.717) is 33.0 Å². The van der Waals surface area contributed by atoms with E-state index < -0.39 is 11.2 Å². The Balaban J connectivity index is 1.58. The van der Waals surface area contributed by atoms with Crippen LogP contribution in [0.15, 0.2) is 87.3 Å². The maximum absolute atomic E-state index is 14.1. The van der Waals surface area contributed by atoms with E-state index in [0.717, 1.165) is 11.1 Å². The van der Waals surface area contributed by atoms with Crippen LogP contribution in [0, 0.1) is 0 Å². The van der Waals surface area contributed by atoms with Crippen LogP contribution in [0.25, 0.3) is 39.2 Å². The predicted octanol–water partition coefficient (Wildman–Crippen LogP) is 3.67. The molecule has 12 heteroatoms. The van der Waals surface area contributed by atoms with Crippen molar-refractivity contribution >= 4 is 17.2 Å². The highest BCUT2D eigenvalue weighted by atomic mass is 35.5. The molecular formula is C26H18ClN7O4. The average molecular weight is 528 g/mol. The summed E-state index contributed by atoms with van der Waals surface area (Å²) >= 11 is 6.13. The summed E-state index contributed by atoms with van der Waals surface area (Å²) in [5, 5.41) is 11.0. The third-order valence-corrected chi connectivity index (χ3v) is 6.31. The lowest BCUT2D eigenvalue weighted by Crippen LogP contribution is -2.33. The van der Waals surface area contributed by atoms with Crippen LogP contribution in [0.1, 0.15) is 5.56 Å². The molecule has 6 rings (SSSR count). The number of H-pyrrole nitrogens is 1. The fraction of sp³-hybridized carbons (Fsp3) is 0.0769. The Morgan fingerprint density at radius 2 is 1.63 bits per heavy atom. The Morgan fingerprint density at radius 3 is 2.29 bits per heavy atom. The molecule has 2 aromatic carbocycles. The monoisotopic (exact) mass is 527 g/mol. The van der Waals surface area contributed by atoms with E-state index in [2.05, 4.69) is 25.3 Å². The summed E-state index contributed by atoms with van der Waals surface area (Å²) in [7, 11) is 1.46. The van der Waals surface area contributed by atoms with Crippen molar-refractivity contribution in [1.82, 2.24) is 34.5 Å². The van der Waals surface area contributed by atoms with Gasteiger partial charge in [-0.3, -0.25) is 4.79 Å². The quantitative estimate of drug-likeness (QED) is 0.347. The minimum Gasteiger partial charge on any atom is -0.467 e. The lowest BCUT2D eigenvalue weighted by atomic mass is 9.98. The Bertz CT molecular complexity index is 1860. The Labute approximate surface area is 218 Å². The van der Waals surface area contributed by atoms with Crippen molar-refractivity contribution in [3.05, 3.63) is 105 Å². The van der Waals surface area contributed by atoms with Gasteiger partial charge in [-0.15, -0.1) is 0 Å². The number of benzene rings is 2. The van der Waals surface area contributed by atoms with Crippen LogP contribution in [-0.4, -0.2) is 41.6 Å². The number of fused-ring (bicyclic) bond motifs is 1. The number of aromatic nitrogens is 7. The van der Waals surface area contributed by atoms with E-state index >= 15 is 0 Å². The first kappa shape index (κ1) is 23.4. The van der Waals surface area contributed by atoms with Gasteiger partial charge in [0.25, 0.3) is 5.56 Å². The summed E-state index contributed by atoms with van der Waals surface area (Å²) in [6.07, 6.45) is 4.61. The molecule has 188 valence electrons. The number of methoxy groups -OCH3 is 1. The summed E-state index contributed by atoms with van der Waals surface area (Å²) in [5.41, 5.74) is 2.69. The average Bonchev–Trinajstić information content (AvgIpc) is 3.62. The van der Waals surface area contributed by atoms with Gasteiger partial charge in [0, 0.05) is 40.2 Å². The number of halogens is 1. The van der Waals surface area contributed by atoms with Crippen molar-refractivity contribution in [2.24, 2.45) is 0 Å². The third kappa shape index (κ3) is 4.04. The van der Waals surface area contributed by atoms with Crippen LogP contribution >= 0.6 is 11.6 Å². The van der Waals surface area contributed by atoms with E-state index in [-0.39, 0.29) is 18.2 Å². The molecule has 0 atom stereocenters. The number of hydrogen-bond acceptors (Lipinski definition) is 8. The van der Waals surface area contributed by atoms with E-state index in [1.165, 1.54) is 28.7 Å². The van der Waals surface area contributed by atoms with Crippen molar-refractivity contribution in [3.8, 4) is 39.6 Å². The predicted molar refractivity (Wildman–Crippen MR) is 139 cm³/mol. The van der Waals surface area contributed by atoms with E-state index in [1.54, 1.807) is 36.5 Å². The van der Waals surface area contributed by atoms with Crippen molar-refractivity contribution in [2.45, 2.75) is 6.54 Å². The van der Waals surface area contributed by atoms with Gasteiger partial charge in [0.05, 0.1) is 25.4 Å². The molecule has 4 heterocycles. The molecule has 0 aliphatic rings. The van der Waals surface area contributed by atoms with Gasteiger partial charge in [-0.05, 0) is 23.3 Å². The first-order chi connectivity index (χ1) is 18.5. The molecule has 0 bridgehead atoms. The van der Waals surface area contributed by atoms with Crippen LogP contribution in [0.4, 0.5) is 0 Å². The number of ether oxygens (including phenoxy) is 1. The van der Waals surface area contributed by atoms with E-state index in [4.69, 9.17) is 20.9 Å². The molecule has 0 fully saturated rings. The molecule has 0 unspecified atom stereocenters. The summed E-state index contributed by atoms with van der Waals surface area (Å²) in [4.78, 5) is 35.4. The van der Waals surface area contributed by atoms with Gasteiger partial charge in [0.1, 0.15) is 0 Å². The molecule has 0 radical (unpaired) electrons. The summed E-state index contributed by atoms with van der Waals surface area (Å²) in [6.45, 7) is 0.103. The number of hydrogen-bond donors (Lipinski definition) is 1. The second-order valence-corrected chi connectivity index (χ2v) is 8.75. The largest absolute Gasteiger partial charge is 0.467 e. The van der Waals surface area contributed by atoms with Crippen molar-refractivity contribution < 1.29 is 9.26 Å². The number of aromatic amines is 1. The van der Waals surface area contributed by atoms with E-state index in [9.17, 15) is 9.59 Å². The van der Waals surface area contributed by atoms with Crippen molar-refractivity contribution in [2.75, 3.05) is 7.11 Å². The molecule has 6 aromatic rings. The first-order valence-electron chi connectivity index (χ1n) is 11.4. The molecule has 4 aromatic heterocycles. The molecule has 0 saturated carbocycles. The van der Waals surface area contributed by atoms with Crippen LogP contribution in [0.5, 0.6) is 6.01 Å². The summed E-state index contributed by atoms with van der Waals surface area (Å²) in [6, 6.07) is 16.2. The Hall–Kier alpha value is -5.03. The van der Waals surface area contributed by atoms with Gasteiger partial charge >= 0.3 is 11.7 Å². The zero-order valence-electron chi connectivity index (χ0n) is 19.8. The Kier molecular flexibility index (Phi) is 5.81. The molecule has 0 saturated heterocycles. The lowest BCUT2D eigenvalue weighted by molar-refractivity contribution is 0.380. The molecule has 38 heavy (non-hydrogen) atoms. The highest BCUT2D eigenvalue weighted by Gasteiger charge is 2.23. The molecule has 0 amide bonds. The number of rotatable bonds is 6. The SMILES string of the molecule is COc1ncc(-c2c(-c3ccc(Cl)cc3)c(=O)n(Cc3ccc(-c4ccno4)cc3)n3c(=O)[nH]nc23)cn1. The second-order valence-electron chi connectivity index (χ2n) is 8.32. The van der Waals surface area contributed by atoms with Crippen molar-refractivity contribution in [3.63, 3.8) is 0 Å². The van der Waals surface area contributed by atoms with Crippen LogP contribution in [0.3, 0.4) is 0 Å². The van der Waals surface area contributed by atoms with Gasteiger partial charge in [-0.2, -0.15) is 9.61 Å². The lowest BCUT2D eigenvalue weighted by Gasteiger charge is -2.16. The Morgan fingerprint density at radius 1 is 0.921 bits per heavy atom. The van der Waals surface area contributed by atoms with Gasteiger partial charge in [0.2, 0.25) is 0 Å². The van der Waals surface area contributed by atoms with E-state index in [1.807, 2.05) is 24.3 Å². The van der Waals surface area contributed by atoms with Crippen molar-refractivity contribution in [1.29, 1.82) is 0 Å². The minimum absolute atomic E-state index is 0.103. The fourth-order valence-electron chi connectivity index (χ4n) is 4.28. The van der Waals surface area contributed by atoms with Gasteiger partial charge in [0.15, 0.2) is 11.4 Å². The molecule has 0 spiro atoms. The maximum Gasteiger partial charge on any atom is 0.363 e. The topological polar surface area (TPSA) is 133 Å². The summed E-state index contributed by atoms with van der Waals surface area (Å²) < 4.78 is 12.9. The van der Waals surface area contributed by atoms with Gasteiger partial charge in [-0.25, -0.2) is 24.5 Å². The van der Waals surface area contributed by atoms with Gasteiger partial charge < -0.3 is 9.26 Å². The maximum atomic E-state index is 14.1. The normalized spacial score (nSPS) is 11.2. The molecule has 11 nitrogen and oxygen atoms in total. The number of nitrogens with zero attached hydrogens (tertiary/aromatic N) is 6. The first-order valence-corrected chi connectivity index (χ1v) is 11.8. The number of nitrogens with one attached hydrogen (secondary N) is 1. The van der Waals surface area contributed by atoms with Gasteiger partial charge in [-0.1, -0.05) is 53.2 Å². The minimum atomic E-state index is -0.561. The second kappa shape index (κ2) is 9.45. The van der Waals surface area contributed by atoms with Crippen LogP contribution < -0.4 is 16.0 Å². The standard InChI is InChI=1S/C26H18ClN7O4/c1-37-25-28-12-18(13-29-25)21-22(17-6-8-19(27)9-7-17)24(35)33(34-23(21)31-32-26(34)36)14-15-2-4-16(5-3-15)20-10-11-30-38-20/h2-13H,14H2,1H3,(H,32,36). The highest BCUT2D eigenvalue weighted by Crippen LogP contribution is 2.32. The summed E-state index contributed by atoms with van der Waals surface area (Å²) in [5.74, 6) is 0.623. The molecule has 1 N–H and O–H groups in total. The highest BCUT2D eigenvalue weighted by molar-refractivity contribution is 6.30. The molecule has 0 aliphatic heterocycles. The zero-order valence-corrected chi connectivity index (χ0v) is 20.6. The zero-order chi connectivity index (χ0) is 26.2. The smallest absolute Gasteiger partial charge is 0.363 e.